The highest BCUT2D eigenvalue weighted by Gasteiger charge is 2.30. The number of hydrogen-bond acceptors (Lipinski definition) is 5. The van der Waals surface area contributed by atoms with Crippen molar-refractivity contribution in [3.8, 4) is 11.1 Å². The summed E-state index contributed by atoms with van der Waals surface area (Å²) in [4.78, 5) is 17.9. The number of ether oxygens (including phenoxy) is 1. The summed E-state index contributed by atoms with van der Waals surface area (Å²) < 4.78 is 5.83. The van der Waals surface area contributed by atoms with E-state index >= 15 is 0 Å². The average Bonchev–Trinajstić information content (AvgIpc) is 3.15. The highest BCUT2D eigenvalue weighted by molar-refractivity contribution is 7.80. The van der Waals surface area contributed by atoms with Crippen LogP contribution in [-0.2, 0) is 11.3 Å². The van der Waals surface area contributed by atoms with Crippen molar-refractivity contribution in [2.75, 3.05) is 38.5 Å². The van der Waals surface area contributed by atoms with Crippen LogP contribution in [0.3, 0.4) is 0 Å². The standard InChI is InChI=1S/C27H29N3O2S/c1-18-19(14-20(28)15-26(18)33)16-29-10-12-30(13-11-29)27(31)32-17-25-23-8-4-2-6-21(23)22-7-3-5-9-24(22)25/h2-9,14-15,25,33H,10-13,16-17,28H2,1H3. The van der Waals surface area contributed by atoms with E-state index in [2.05, 4.69) is 73.0 Å². The van der Waals surface area contributed by atoms with Crippen molar-refractivity contribution in [2.24, 2.45) is 0 Å². The van der Waals surface area contributed by atoms with E-state index in [1.165, 1.54) is 27.8 Å². The first-order valence-electron chi connectivity index (χ1n) is 11.4. The molecule has 2 aliphatic rings. The molecule has 6 heteroatoms. The number of thiol groups is 1. The predicted octanol–water partition coefficient (Wildman–Crippen LogP) is 4.93. The molecule has 1 heterocycles. The molecule has 1 amide bonds. The normalized spacial score (nSPS) is 15.9. The first kappa shape index (κ1) is 21.9. The van der Waals surface area contributed by atoms with Crippen LogP contribution in [0.15, 0.2) is 65.6 Å². The molecule has 1 aliphatic carbocycles. The molecule has 0 spiro atoms. The predicted molar refractivity (Wildman–Crippen MR) is 135 cm³/mol. The summed E-state index contributed by atoms with van der Waals surface area (Å²) in [5.41, 5.74) is 14.0. The molecule has 1 aliphatic heterocycles. The number of rotatable bonds is 4. The first-order chi connectivity index (χ1) is 16.0. The molecule has 0 radical (unpaired) electrons. The van der Waals surface area contributed by atoms with Crippen molar-refractivity contribution >= 4 is 24.4 Å². The summed E-state index contributed by atoms with van der Waals surface area (Å²) in [6, 6.07) is 20.7. The van der Waals surface area contributed by atoms with Crippen LogP contribution in [0.25, 0.3) is 11.1 Å². The third kappa shape index (κ3) is 4.33. The van der Waals surface area contributed by atoms with E-state index in [0.29, 0.717) is 19.7 Å². The van der Waals surface area contributed by atoms with E-state index < -0.39 is 0 Å². The van der Waals surface area contributed by atoms with Gasteiger partial charge in [0.15, 0.2) is 0 Å². The molecule has 170 valence electrons. The van der Waals surface area contributed by atoms with Gasteiger partial charge in [-0.25, -0.2) is 4.79 Å². The third-order valence-electron chi connectivity index (χ3n) is 6.87. The van der Waals surface area contributed by atoms with E-state index in [4.69, 9.17) is 10.5 Å². The highest BCUT2D eigenvalue weighted by Crippen LogP contribution is 2.44. The number of nitrogens with zero attached hydrogens (tertiary/aromatic N) is 2. The maximum absolute atomic E-state index is 12.8. The molecule has 2 N–H and O–H groups in total. The number of benzene rings is 3. The van der Waals surface area contributed by atoms with Gasteiger partial charge in [0.1, 0.15) is 6.61 Å². The Morgan fingerprint density at radius 1 is 1.00 bits per heavy atom. The molecule has 0 saturated carbocycles. The summed E-state index contributed by atoms with van der Waals surface area (Å²) in [5.74, 6) is 0.0876. The number of anilines is 1. The van der Waals surface area contributed by atoms with E-state index in [0.717, 1.165) is 35.8 Å². The van der Waals surface area contributed by atoms with Crippen molar-refractivity contribution < 1.29 is 9.53 Å². The first-order valence-corrected chi connectivity index (χ1v) is 11.9. The van der Waals surface area contributed by atoms with E-state index in [1.54, 1.807) is 0 Å². The van der Waals surface area contributed by atoms with Gasteiger partial charge in [-0.15, -0.1) is 12.6 Å². The van der Waals surface area contributed by atoms with Crippen LogP contribution in [0, 0.1) is 6.92 Å². The zero-order chi connectivity index (χ0) is 22.9. The lowest BCUT2D eigenvalue weighted by molar-refractivity contribution is 0.0728. The molecule has 0 atom stereocenters. The van der Waals surface area contributed by atoms with E-state index in [1.807, 2.05) is 17.0 Å². The zero-order valence-corrected chi connectivity index (χ0v) is 19.7. The van der Waals surface area contributed by atoms with Crippen LogP contribution in [0.5, 0.6) is 0 Å². The third-order valence-corrected chi connectivity index (χ3v) is 7.34. The quantitative estimate of drug-likeness (QED) is 0.429. The van der Waals surface area contributed by atoms with Crippen LogP contribution in [0.1, 0.15) is 28.2 Å². The molecular formula is C27H29N3O2S. The Morgan fingerprint density at radius 3 is 2.24 bits per heavy atom. The Kier molecular flexibility index (Phi) is 6.04. The zero-order valence-electron chi connectivity index (χ0n) is 18.8. The lowest BCUT2D eigenvalue weighted by atomic mass is 9.98. The number of hydrogen-bond donors (Lipinski definition) is 2. The largest absolute Gasteiger partial charge is 0.448 e. The fourth-order valence-electron chi connectivity index (χ4n) is 4.96. The number of piperazine rings is 1. The minimum absolute atomic E-state index is 0.0876. The molecule has 0 bridgehead atoms. The molecule has 5 rings (SSSR count). The van der Waals surface area contributed by atoms with Gasteiger partial charge < -0.3 is 15.4 Å². The maximum Gasteiger partial charge on any atom is 0.409 e. The number of carbonyl (C=O) groups excluding carboxylic acids is 1. The van der Waals surface area contributed by atoms with Crippen molar-refractivity contribution in [3.63, 3.8) is 0 Å². The summed E-state index contributed by atoms with van der Waals surface area (Å²) >= 11 is 4.52. The number of nitrogen functional groups attached to an aromatic ring is 1. The second-order valence-corrected chi connectivity index (χ2v) is 9.37. The monoisotopic (exact) mass is 459 g/mol. The minimum Gasteiger partial charge on any atom is -0.448 e. The molecular weight excluding hydrogens is 430 g/mol. The van der Waals surface area contributed by atoms with Gasteiger partial charge in [-0.3, -0.25) is 4.90 Å². The van der Waals surface area contributed by atoms with Crippen LogP contribution < -0.4 is 5.73 Å². The minimum atomic E-state index is -0.228. The molecule has 0 unspecified atom stereocenters. The SMILES string of the molecule is Cc1c(S)cc(N)cc1CN1CCN(C(=O)OCC2c3ccccc3-c3ccccc32)CC1. The lowest BCUT2D eigenvalue weighted by Crippen LogP contribution is -2.48. The maximum atomic E-state index is 12.8. The summed E-state index contributed by atoms with van der Waals surface area (Å²) in [7, 11) is 0. The fourth-order valence-corrected chi connectivity index (χ4v) is 5.25. The summed E-state index contributed by atoms with van der Waals surface area (Å²) in [6.45, 7) is 6.17. The second kappa shape index (κ2) is 9.12. The summed E-state index contributed by atoms with van der Waals surface area (Å²) in [5, 5.41) is 0. The molecule has 1 fully saturated rings. The fraction of sp³-hybridized carbons (Fsp3) is 0.296. The van der Waals surface area contributed by atoms with Gasteiger partial charge in [0.25, 0.3) is 0 Å². The van der Waals surface area contributed by atoms with Crippen LogP contribution in [0.4, 0.5) is 10.5 Å². The molecule has 3 aromatic carbocycles. The Labute approximate surface area is 200 Å². The van der Waals surface area contributed by atoms with Crippen molar-refractivity contribution in [1.82, 2.24) is 9.80 Å². The van der Waals surface area contributed by atoms with Gasteiger partial charge in [0.05, 0.1) is 0 Å². The van der Waals surface area contributed by atoms with Gasteiger partial charge in [0.2, 0.25) is 0 Å². The van der Waals surface area contributed by atoms with Crippen LogP contribution in [0.2, 0.25) is 0 Å². The Morgan fingerprint density at radius 2 is 1.61 bits per heavy atom. The highest BCUT2D eigenvalue weighted by atomic mass is 32.1. The van der Waals surface area contributed by atoms with Crippen molar-refractivity contribution in [1.29, 1.82) is 0 Å². The molecule has 1 saturated heterocycles. The van der Waals surface area contributed by atoms with Crippen molar-refractivity contribution in [3.05, 3.63) is 82.9 Å². The second-order valence-electron chi connectivity index (χ2n) is 8.89. The Balaban J connectivity index is 1.18. The Hall–Kier alpha value is -2.96. The van der Waals surface area contributed by atoms with E-state index in [-0.39, 0.29) is 12.0 Å². The van der Waals surface area contributed by atoms with Gasteiger partial charge >= 0.3 is 6.09 Å². The van der Waals surface area contributed by atoms with E-state index in [9.17, 15) is 4.79 Å². The van der Waals surface area contributed by atoms with Crippen molar-refractivity contribution in [2.45, 2.75) is 24.3 Å². The molecule has 33 heavy (non-hydrogen) atoms. The van der Waals surface area contributed by atoms with Gasteiger partial charge in [-0.2, -0.15) is 0 Å². The average molecular weight is 460 g/mol. The lowest BCUT2D eigenvalue weighted by Gasteiger charge is -2.34. The summed E-state index contributed by atoms with van der Waals surface area (Å²) in [6.07, 6.45) is -0.228. The van der Waals surface area contributed by atoms with Crippen LogP contribution >= 0.6 is 12.6 Å². The van der Waals surface area contributed by atoms with Crippen LogP contribution in [-0.4, -0.2) is 48.7 Å². The van der Waals surface area contributed by atoms with Gasteiger partial charge in [-0.1, -0.05) is 48.5 Å². The molecule has 5 nitrogen and oxygen atoms in total. The topological polar surface area (TPSA) is 58.8 Å². The number of nitrogens with two attached hydrogens (primary N) is 1. The molecule has 3 aromatic rings. The molecule has 0 aromatic heterocycles. The van der Waals surface area contributed by atoms with Gasteiger partial charge in [0, 0.05) is 49.2 Å². The number of amides is 1. The smallest absolute Gasteiger partial charge is 0.409 e. The Bertz CT molecular complexity index is 1140. The van der Waals surface area contributed by atoms with Gasteiger partial charge in [-0.05, 0) is 52.4 Å². The number of carbonyl (C=O) groups is 1. The number of fused-ring (bicyclic) bond motifs is 3.